The zero-order valence-corrected chi connectivity index (χ0v) is 12.3. The number of oxazole rings is 1. The van der Waals surface area contributed by atoms with E-state index in [4.69, 9.17) is 14.9 Å². The first-order valence-electron chi connectivity index (χ1n) is 6.90. The van der Waals surface area contributed by atoms with Gasteiger partial charge in [-0.3, -0.25) is 0 Å². The van der Waals surface area contributed by atoms with Gasteiger partial charge in [-0.1, -0.05) is 6.92 Å². The monoisotopic (exact) mass is 293 g/mol. The first kappa shape index (κ1) is 15.3. The van der Waals surface area contributed by atoms with Gasteiger partial charge in [0, 0.05) is 31.8 Å². The van der Waals surface area contributed by atoms with Crippen molar-refractivity contribution in [3.05, 3.63) is 30.1 Å². The van der Waals surface area contributed by atoms with Crippen LogP contribution >= 0.6 is 0 Å². The van der Waals surface area contributed by atoms with E-state index in [9.17, 15) is 4.39 Å². The van der Waals surface area contributed by atoms with Gasteiger partial charge in [-0.2, -0.15) is 4.98 Å². The second-order valence-electron chi connectivity index (χ2n) is 4.81. The predicted molar refractivity (Wildman–Crippen MR) is 81.3 cm³/mol. The van der Waals surface area contributed by atoms with Crippen molar-refractivity contribution in [3.8, 4) is 5.75 Å². The number of ether oxygens (including phenoxy) is 1. The van der Waals surface area contributed by atoms with Crippen LogP contribution in [-0.4, -0.2) is 31.7 Å². The van der Waals surface area contributed by atoms with E-state index in [0.29, 0.717) is 29.3 Å². The van der Waals surface area contributed by atoms with E-state index in [0.717, 1.165) is 18.5 Å². The third-order valence-electron chi connectivity index (χ3n) is 3.07. The fraction of sp³-hybridized carbons (Fsp3) is 0.400. The highest BCUT2D eigenvalue weighted by Gasteiger charge is 2.10. The lowest BCUT2D eigenvalue weighted by Gasteiger charge is -2.11. The van der Waals surface area contributed by atoms with E-state index < -0.39 is 0 Å². The molecule has 1 heterocycles. The molecular weight excluding hydrogens is 273 g/mol. The van der Waals surface area contributed by atoms with Gasteiger partial charge in [-0.05, 0) is 18.6 Å². The van der Waals surface area contributed by atoms with Crippen molar-refractivity contribution >= 4 is 17.1 Å². The standard InChI is InChI=1S/C15H20FN3O2/c1-3-6-19(2)15-18-13-5-4-12(7-14(13)21-15)20-10-11(8-16)9-17/h4-5,7-8H,3,6,9-10,17H2,1-2H3/b11-8+. The van der Waals surface area contributed by atoms with Crippen LogP contribution in [-0.2, 0) is 0 Å². The molecule has 2 N–H and O–H groups in total. The van der Waals surface area contributed by atoms with Gasteiger partial charge in [0.25, 0.3) is 6.01 Å². The highest BCUT2D eigenvalue weighted by Crippen LogP contribution is 2.25. The lowest BCUT2D eigenvalue weighted by molar-refractivity contribution is 0.347. The molecule has 0 saturated carbocycles. The minimum Gasteiger partial charge on any atom is -0.489 e. The zero-order valence-electron chi connectivity index (χ0n) is 12.3. The summed E-state index contributed by atoms with van der Waals surface area (Å²) in [5.74, 6) is 0.594. The maximum Gasteiger partial charge on any atom is 0.298 e. The molecule has 0 unspecified atom stereocenters. The molecule has 0 aliphatic rings. The Morgan fingerprint density at radius 1 is 1.52 bits per heavy atom. The summed E-state index contributed by atoms with van der Waals surface area (Å²) in [6, 6.07) is 5.92. The number of anilines is 1. The van der Waals surface area contributed by atoms with Gasteiger partial charge < -0.3 is 19.8 Å². The number of hydrogen-bond acceptors (Lipinski definition) is 5. The van der Waals surface area contributed by atoms with Crippen molar-refractivity contribution in [2.75, 3.05) is 31.6 Å². The summed E-state index contributed by atoms with van der Waals surface area (Å²) in [6.45, 7) is 3.22. The molecule has 0 amide bonds. The molecule has 0 aliphatic heterocycles. The van der Waals surface area contributed by atoms with E-state index in [1.807, 2.05) is 18.0 Å². The van der Waals surface area contributed by atoms with Crippen LogP contribution in [0.25, 0.3) is 11.1 Å². The third kappa shape index (κ3) is 3.72. The molecule has 1 aromatic carbocycles. The maximum absolute atomic E-state index is 12.4. The predicted octanol–water partition coefficient (Wildman–Crippen LogP) is 2.86. The molecule has 0 atom stereocenters. The summed E-state index contributed by atoms with van der Waals surface area (Å²) in [6.07, 6.45) is 1.49. The van der Waals surface area contributed by atoms with Crippen molar-refractivity contribution in [1.82, 2.24) is 4.98 Å². The summed E-state index contributed by atoms with van der Waals surface area (Å²) in [5, 5.41) is 0. The first-order chi connectivity index (χ1) is 10.2. The fourth-order valence-corrected chi connectivity index (χ4v) is 1.89. The summed E-state index contributed by atoms with van der Waals surface area (Å²) in [7, 11) is 1.94. The number of benzene rings is 1. The van der Waals surface area contributed by atoms with Crippen molar-refractivity contribution in [1.29, 1.82) is 0 Å². The highest BCUT2D eigenvalue weighted by atomic mass is 19.1. The number of fused-ring (bicyclic) bond motifs is 1. The van der Waals surface area contributed by atoms with Crippen molar-refractivity contribution < 1.29 is 13.5 Å². The van der Waals surface area contributed by atoms with E-state index in [1.165, 1.54) is 0 Å². The van der Waals surface area contributed by atoms with Crippen LogP contribution < -0.4 is 15.4 Å². The Hall–Kier alpha value is -2.08. The molecule has 0 bridgehead atoms. The van der Waals surface area contributed by atoms with Crippen molar-refractivity contribution in [3.63, 3.8) is 0 Å². The van der Waals surface area contributed by atoms with Gasteiger partial charge in [-0.25, -0.2) is 4.39 Å². The van der Waals surface area contributed by atoms with E-state index >= 15 is 0 Å². The van der Waals surface area contributed by atoms with Crippen LogP contribution in [0.2, 0.25) is 0 Å². The average molecular weight is 293 g/mol. The summed E-state index contributed by atoms with van der Waals surface area (Å²) in [4.78, 5) is 6.37. The Morgan fingerprint density at radius 2 is 2.33 bits per heavy atom. The Kier molecular flexibility index (Phi) is 5.16. The Balaban J connectivity index is 2.14. The molecule has 114 valence electrons. The van der Waals surface area contributed by atoms with Gasteiger partial charge >= 0.3 is 0 Å². The molecule has 5 nitrogen and oxygen atoms in total. The number of hydrogen-bond donors (Lipinski definition) is 1. The van der Waals surface area contributed by atoms with Crippen LogP contribution in [0.1, 0.15) is 13.3 Å². The van der Waals surface area contributed by atoms with Gasteiger partial charge in [0.1, 0.15) is 17.9 Å². The quantitative estimate of drug-likeness (QED) is 0.850. The summed E-state index contributed by atoms with van der Waals surface area (Å²) >= 11 is 0. The first-order valence-corrected chi connectivity index (χ1v) is 6.90. The van der Waals surface area contributed by atoms with Crippen molar-refractivity contribution in [2.45, 2.75) is 13.3 Å². The topological polar surface area (TPSA) is 64.5 Å². The number of aromatic nitrogens is 1. The van der Waals surface area contributed by atoms with Gasteiger partial charge in [0.05, 0.1) is 6.33 Å². The molecule has 2 rings (SSSR count). The van der Waals surface area contributed by atoms with E-state index in [1.54, 1.807) is 12.1 Å². The third-order valence-corrected chi connectivity index (χ3v) is 3.07. The number of nitrogens with two attached hydrogens (primary N) is 1. The Bertz CT molecular complexity index is 624. The van der Waals surface area contributed by atoms with Crippen LogP contribution in [0.4, 0.5) is 10.4 Å². The van der Waals surface area contributed by atoms with Gasteiger partial charge in [-0.15, -0.1) is 0 Å². The highest BCUT2D eigenvalue weighted by molar-refractivity contribution is 5.76. The molecule has 0 spiro atoms. The fourth-order valence-electron chi connectivity index (χ4n) is 1.89. The molecule has 6 heteroatoms. The smallest absolute Gasteiger partial charge is 0.298 e. The van der Waals surface area contributed by atoms with Crippen LogP contribution in [0.15, 0.2) is 34.5 Å². The second-order valence-corrected chi connectivity index (χ2v) is 4.81. The summed E-state index contributed by atoms with van der Waals surface area (Å²) in [5.41, 5.74) is 7.19. The van der Waals surface area contributed by atoms with E-state index in [2.05, 4.69) is 11.9 Å². The second kappa shape index (κ2) is 7.08. The molecule has 0 radical (unpaired) electrons. The molecule has 0 fully saturated rings. The zero-order chi connectivity index (χ0) is 15.2. The van der Waals surface area contributed by atoms with Crippen LogP contribution in [0.5, 0.6) is 5.75 Å². The summed E-state index contributed by atoms with van der Waals surface area (Å²) < 4.78 is 23.6. The number of halogens is 1. The lowest BCUT2D eigenvalue weighted by Crippen LogP contribution is -2.17. The SMILES string of the molecule is CCCN(C)c1nc2ccc(OC/C(=C/F)CN)cc2o1. The van der Waals surface area contributed by atoms with Crippen LogP contribution in [0, 0.1) is 0 Å². The molecule has 21 heavy (non-hydrogen) atoms. The molecule has 0 aliphatic carbocycles. The molecule has 1 aromatic heterocycles. The number of nitrogens with zero attached hydrogens (tertiary/aromatic N) is 2. The molecule has 0 saturated heterocycles. The van der Waals surface area contributed by atoms with Gasteiger partial charge in [0.15, 0.2) is 5.58 Å². The Morgan fingerprint density at radius 3 is 3.00 bits per heavy atom. The van der Waals surface area contributed by atoms with Crippen LogP contribution in [0.3, 0.4) is 0 Å². The average Bonchev–Trinajstić information content (AvgIpc) is 2.92. The maximum atomic E-state index is 12.4. The Labute approximate surface area is 123 Å². The normalized spacial score (nSPS) is 11.9. The largest absolute Gasteiger partial charge is 0.489 e. The minimum absolute atomic E-state index is 0.120. The molecule has 2 aromatic rings. The lowest BCUT2D eigenvalue weighted by atomic mass is 10.3. The van der Waals surface area contributed by atoms with Gasteiger partial charge in [0.2, 0.25) is 0 Å². The van der Waals surface area contributed by atoms with Crippen molar-refractivity contribution in [2.24, 2.45) is 5.73 Å². The minimum atomic E-state index is 0.120. The molecular formula is C15H20FN3O2. The van der Waals surface area contributed by atoms with E-state index in [-0.39, 0.29) is 13.2 Å². The number of rotatable bonds is 7.